The summed E-state index contributed by atoms with van der Waals surface area (Å²) in [7, 11) is 1.87. The average Bonchev–Trinajstić information content (AvgIpc) is 2.52. The van der Waals surface area contributed by atoms with E-state index in [-0.39, 0.29) is 11.8 Å². The molecule has 0 bridgehead atoms. The fourth-order valence-corrected chi connectivity index (χ4v) is 2.85. The number of hydrogen-bond donors (Lipinski definition) is 1. The van der Waals surface area contributed by atoms with Crippen LogP contribution in [0, 0.1) is 13.8 Å². The van der Waals surface area contributed by atoms with Gasteiger partial charge in [0.05, 0.1) is 11.4 Å². The molecule has 0 saturated carbocycles. The van der Waals surface area contributed by atoms with Gasteiger partial charge >= 0.3 is 0 Å². The molecule has 1 atom stereocenters. The Morgan fingerprint density at radius 1 is 1.37 bits per heavy atom. The molecule has 1 heterocycles. The largest absolute Gasteiger partial charge is 0.309 e. The van der Waals surface area contributed by atoms with Crippen LogP contribution in [0.5, 0.6) is 0 Å². The monoisotopic (exact) mass is 288 g/mol. The highest BCUT2D eigenvalue weighted by atomic mass is 32.2. The van der Waals surface area contributed by atoms with Crippen molar-refractivity contribution in [3.8, 4) is 0 Å². The zero-order chi connectivity index (χ0) is 14.8. The average molecular weight is 288 g/mol. The molecule has 6 nitrogen and oxygen atoms in total. The lowest BCUT2D eigenvalue weighted by Gasteiger charge is -2.16. The molecule has 1 aromatic rings. The molecule has 1 aromatic heterocycles. The molecule has 0 aromatic carbocycles. The third-order valence-electron chi connectivity index (χ3n) is 3.36. The molecular weight excluding hydrogens is 264 g/mol. The normalized spacial score (nSPS) is 14.1. The summed E-state index contributed by atoms with van der Waals surface area (Å²) in [5.74, 6) is 0.0999. The van der Waals surface area contributed by atoms with E-state index >= 15 is 0 Å². The Bertz CT molecular complexity index is 534. The summed E-state index contributed by atoms with van der Waals surface area (Å²) >= 11 is 0. The molecule has 7 heteroatoms. The second-order valence-electron chi connectivity index (χ2n) is 4.98. The van der Waals surface area contributed by atoms with E-state index in [1.54, 1.807) is 14.1 Å². The Balaban J connectivity index is 2.64. The summed E-state index contributed by atoms with van der Waals surface area (Å²) in [4.78, 5) is 0. The first-order chi connectivity index (χ1) is 8.66. The van der Waals surface area contributed by atoms with Gasteiger partial charge in [0.25, 0.3) is 0 Å². The topological polar surface area (TPSA) is 67.2 Å². The van der Waals surface area contributed by atoms with Gasteiger partial charge in [0.15, 0.2) is 0 Å². The molecule has 0 fully saturated rings. The molecule has 1 unspecified atom stereocenters. The van der Waals surface area contributed by atoms with Gasteiger partial charge in [0.1, 0.15) is 0 Å². The van der Waals surface area contributed by atoms with E-state index in [0.717, 1.165) is 17.0 Å². The maximum absolute atomic E-state index is 11.7. The molecule has 0 amide bonds. The van der Waals surface area contributed by atoms with E-state index in [2.05, 4.69) is 10.4 Å². The second-order valence-corrected chi connectivity index (χ2v) is 7.28. The molecule has 0 aliphatic rings. The van der Waals surface area contributed by atoms with Crippen LogP contribution in [-0.2, 0) is 17.1 Å². The van der Waals surface area contributed by atoms with Gasteiger partial charge in [-0.25, -0.2) is 12.7 Å². The molecule has 0 aliphatic heterocycles. The number of sulfonamides is 1. The summed E-state index contributed by atoms with van der Waals surface area (Å²) in [6.07, 6.45) is 0. The van der Waals surface area contributed by atoms with Crippen molar-refractivity contribution in [3.05, 3.63) is 17.0 Å². The predicted octanol–water partition coefficient (Wildman–Crippen LogP) is 0.579. The van der Waals surface area contributed by atoms with Crippen LogP contribution in [0.3, 0.4) is 0 Å². The van der Waals surface area contributed by atoms with Crippen LogP contribution in [0.25, 0.3) is 0 Å². The van der Waals surface area contributed by atoms with Gasteiger partial charge in [-0.3, -0.25) is 4.68 Å². The van der Waals surface area contributed by atoms with Crippen LogP contribution >= 0.6 is 0 Å². The summed E-state index contributed by atoms with van der Waals surface area (Å²) < 4.78 is 26.4. The first kappa shape index (κ1) is 16.1. The summed E-state index contributed by atoms with van der Waals surface area (Å²) in [6.45, 7) is 6.44. The first-order valence-electron chi connectivity index (χ1n) is 6.30. The van der Waals surface area contributed by atoms with Crippen molar-refractivity contribution in [3.63, 3.8) is 0 Å². The van der Waals surface area contributed by atoms with Crippen molar-refractivity contribution >= 4 is 10.0 Å². The summed E-state index contributed by atoms with van der Waals surface area (Å²) in [5.41, 5.74) is 3.23. The third kappa shape index (κ3) is 3.77. The van der Waals surface area contributed by atoms with Gasteiger partial charge < -0.3 is 5.32 Å². The number of nitrogens with one attached hydrogen (secondary N) is 1. The highest BCUT2D eigenvalue weighted by molar-refractivity contribution is 7.89. The zero-order valence-corrected chi connectivity index (χ0v) is 13.4. The summed E-state index contributed by atoms with van der Waals surface area (Å²) in [6, 6.07) is 0.0889. The maximum Gasteiger partial charge on any atom is 0.214 e. The first-order valence-corrected chi connectivity index (χ1v) is 7.91. The van der Waals surface area contributed by atoms with Crippen molar-refractivity contribution in [2.24, 2.45) is 7.05 Å². The molecule has 1 N–H and O–H groups in total. The Kier molecular flexibility index (Phi) is 5.11. The molecule has 0 aliphatic carbocycles. The van der Waals surface area contributed by atoms with Gasteiger partial charge in [0, 0.05) is 45.0 Å². The van der Waals surface area contributed by atoms with Crippen molar-refractivity contribution in [2.45, 2.75) is 26.8 Å². The number of nitrogens with zero attached hydrogens (tertiary/aromatic N) is 3. The Morgan fingerprint density at radius 3 is 2.37 bits per heavy atom. The molecule has 1 rings (SSSR count). The number of hydrogen-bond acceptors (Lipinski definition) is 4. The molecule has 0 saturated heterocycles. The maximum atomic E-state index is 11.7. The zero-order valence-electron chi connectivity index (χ0n) is 12.6. The van der Waals surface area contributed by atoms with Crippen LogP contribution in [0.15, 0.2) is 0 Å². The standard InChI is InChI=1S/C12H24N4O2S/c1-9(12-10(2)14-16(6)11(12)3)13-7-8-19(17,18)15(4)5/h9,13H,7-8H2,1-6H3. The van der Waals surface area contributed by atoms with E-state index in [9.17, 15) is 8.42 Å². The van der Waals surface area contributed by atoms with Gasteiger partial charge in [-0.1, -0.05) is 0 Å². The van der Waals surface area contributed by atoms with Crippen molar-refractivity contribution in [2.75, 3.05) is 26.4 Å². The van der Waals surface area contributed by atoms with Gasteiger partial charge in [0.2, 0.25) is 10.0 Å². The predicted molar refractivity (Wildman–Crippen MR) is 76.6 cm³/mol. The smallest absolute Gasteiger partial charge is 0.214 e. The molecule has 0 spiro atoms. The highest BCUT2D eigenvalue weighted by Gasteiger charge is 2.18. The molecular formula is C12H24N4O2S. The fourth-order valence-electron chi connectivity index (χ4n) is 2.11. The van der Waals surface area contributed by atoms with Crippen LogP contribution < -0.4 is 5.32 Å². The van der Waals surface area contributed by atoms with Crippen molar-refractivity contribution in [1.82, 2.24) is 19.4 Å². The van der Waals surface area contributed by atoms with Gasteiger partial charge in [-0.15, -0.1) is 0 Å². The van der Waals surface area contributed by atoms with E-state index in [1.165, 1.54) is 4.31 Å². The van der Waals surface area contributed by atoms with Crippen LogP contribution in [0.1, 0.15) is 29.9 Å². The SMILES string of the molecule is Cc1nn(C)c(C)c1C(C)NCCS(=O)(=O)N(C)C. The lowest BCUT2D eigenvalue weighted by molar-refractivity contribution is 0.512. The van der Waals surface area contributed by atoms with Gasteiger partial charge in [-0.2, -0.15) is 5.10 Å². The fraction of sp³-hybridized carbons (Fsp3) is 0.750. The lowest BCUT2D eigenvalue weighted by Crippen LogP contribution is -2.32. The van der Waals surface area contributed by atoms with Crippen molar-refractivity contribution in [1.29, 1.82) is 0 Å². The lowest BCUT2D eigenvalue weighted by atomic mass is 10.1. The number of aromatic nitrogens is 2. The van der Waals surface area contributed by atoms with Crippen LogP contribution in [0.4, 0.5) is 0 Å². The van der Waals surface area contributed by atoms with E-state index in [1.807, 2.05) is 32.5 Å². The molecule has 0 radical (unpaired) electrons. The molecule has 19 heavy (non-hydrogen) atoms. The Labute approximate surface area is 115 Å². The van der Waals surface area contributed by atoms with E-state index in [4.69, 9.17) is 0 Å². The van der Waals surface area contributed by atoms with Crippen molar-refractivity contribution < 1.29 is 8.42 Å². The highest BCUT2D eigenvalue weighted by Crippen LogP contribution is 2.20. The van der Waals surface area contributed by atoms with E-state index in [0.29, 0.717) is 6.54 Å². The minimum Gasteiger partial charge on any atom is -0.309 e. The van der Waals surface area contributed by atoms with E-state index < -0.39 is 10.0 Å². The second kappa shape index (κ2) is 6.02. The summed E-state index contributed by atoms with van der Waals surface area (Å²) in [5, 5.41) is 7.61. The van der Waals surface area contributed by atoms with Crippen LogP contribution in [-0.4, -0.2) is 48.9 Å². The number of rotatable bonds is 6. The van der Waals surface area contributed by atoms with Gasteiger partial charge in [-0.05, 0) is 20.8 Å². The Hall–Kier alpha value is -0.920. The minimum atomic E-state index is -3.14. The quantitative estimate of drug-likeness (QED) is 0.831. The minimum absolute atomic E-state index is 0.0889. The Morgan fingerprint density at radius 2 is 1.95 bits per heavy atom. The molecule has 110 valence electrons. The third-order valence-corrected chi connectivity index (χ3v) is 5.20. The van der Waals surface area contributed by atoms with Crippen LogP contribution in [0.2, 0.25) is 0 Å². The number of aryl methyl sites for hydroxylation is 2.